The third-order valence-electron chi connectivity index (χ3n) is 4.52. The average molecular weight is 650 g/mol. The van der Waals surface area contributed by atoms with E-state index < -0.39 is 5.91 Å². The molecule has 3 aromatic carbocycles. The summed E-state index contributed by atoms with van der Waals surface area (Å²) < 4.78 is 13.5. The summed E-state index contributed by atoms with van der Waals surface area (Å²) in [6, 6.07) is 23.2. The van der Waals surface area contributed by atoms with E-state index in [1.54, 1.807) is 19.3 Å². The van der Waals surface area contributed by atoms with Gasteiger partial charge in [0.05, 0.1) is 10.7 Å². The third-order valence-corrected chi connectivity index (χ3v) is 6.04. The number of carbonyl (C=O) groups is 1. The Balaban J connectivity index is 1.75. The second-order valence-corrected chi connectivity index (χ2v) is 9.20. The molecule has 3 rings (SSSR count). The number of carbonyl (C=O) groups excluding carboxylic acids is 1. The molecule has 0 aliphatic heterocycles. The first kappa shape index (κ1) is 24.1. The minimum Gasteiger partial charge on any atom is -0.493 e. The lowest BCUT2D eigenvalue weighted by molar-refractivity contribution is -0.117. The smallest absolute Gasteiger partial charge is 0.262 e. The van der Waals surface area contributed by atoms with Crippen molar-refractivity contribution < 1.29 is 14.3 Å². The van der Waals surface area contributed by atoms with Crippen LogP contribution in [0.15, 0.2) is 72.3 Å². The number of benzene rings is 3. The Bertz CT molecular complexity index is 1150. The van der Waals surface area contributed by atoms with Crippen molar-refractivity contribution in [3.63, 3.8) is 0 Å². The maximum absolute atomic E-state index is 12.5. The quantitative estimate of drug-likeness (QED) is 0.193. The molecular weight excluding hydrogens is 630 g/mol. The van der Waals surface area contributed by atoms with Crippen LogP contribution in [0.1, 0.15) is 16.7 Å². The Hall–Kier alpha value is -2.58. The summed E-state index contributed by atoms with van der Waals surface area (Å²) in [5.74, 6) is 0.732. The summed E-state index contributed by atoms with van der Waals surface area (Å²) in [6.45, 7) is 0.759. The predicted molar refractivity (Wildman–Crippen MR) is 141 cm³/mol. The standard InChI is InChI=1S/C25H20I2N2O3/c1-31-23-13-19(11-20(14-28)25(30)29-15-17-5-3-2-4-6-17)12-22(27)24(23)32-16-18-7-9-21(26)10-8-18/h2-13H,15-16H2,1H3,(H,29,30)/b20-11-. The van der Waals surface area contributed by atoms with E-state index in [1.807, 2.05) is 66.7 Å². The van der Waals surface area contributed by atoms with Crippen LogP contribution in [0, 0.1) is 18.5 Å². The van der Waals surface area contributed by atoms with Gasteiger partial charge in [0.1, 0.15) is 18.2 Å². The zero-order valence-electron chi connectivity index (χ0n) is 17.3. The van der Waals surface area contributed by atoms with Crippen LogP contribution < -0.4 is 14.8 Å². The molecule has 0 fully saturated rings. The van der Waals surface area contributed by atoms with Crippen molar-refractivity contribution in [2.75, 3.05) is 7.11 Å². The van der Waals surface area contributed by atoms with Crippen molar-refractivity contribution in [2.24, 2.45) is 0 Å². The first-order valence-corrected chi connectivity index (χ1v) is 11.8. The summed E-state index contributed by atoms with van der Waals surface area (Å²) in [5.41, 5.74) is 2.71. The zero-order valence-corrected chi connectivity index (χ0v) is 21.6. The van der Waals surface area contributed by atoms with Gasteiger partial charge in [-0.1, -0.05) is 42.5 Å². The molecule has 162 valence electrons. The van der Waals surface area contributed by atoms with E-state index in [1.165, 1.54) is 0 Å². The number of rotatable bonds is 8. The van der Waals surface area contributed by atoms with Gasteiger partial charge in [-0.3, -0.25) is 4.79 Å². The van der Waals surface area contributed by atoms with Crippen LogP contribution in [0.2, 0.25) is 0 Å². The first-order valence-electron chi connectivity index (χ1n) is 9.69. The highest BCUT2D eigenvalue weighted by Crippen LogP contribution is 2.35. The summed E-state index contributed by atoms with van der Waals surface area (Å²) >= 11 is 4.43. The Kier molecular flexibility index (Phi) is 8.93. The molecule has 0 radical (unpaired) electrons. The Morgan fingerprint density at radius 3 is 2.44 bits per heavy atom. The molecule has 1 amide bonds. The molecule has 0 spiro atoms. The van der Waals surface area contributed by atoms with Crippen LogP contribution in [0.25, 0.3) is 6.08 Å². The maximum Gasteiger partial charge on any atom is 0.262 e. The monoisotopic (exact) mass is 650 g/mol. The minimum absolute atomic E-state index is 0.0198. The normalized spacial score (nSPS) is 10.9. The molecule has 0 unspecified atom stereocenters. The van der Waals surface area contributed by atoms with Gasteiger partial charge < -0.3 is 14.8 Å². The molecule has 7 heteroatoms. The average Bonchev–Trinajstić information content (AvgIpc) is 2.81. The van der Waals surface area contributed by atoms with Gasteiger partial charge in [-0.05, 0) is 92.2 Å². The Morgan fingerprint density at radius 1 is 1.06 bits per heavy atom. The lowest BCUT2D eigenvalue weighted by Gasteiger charge is -2.14. The van der Waals surface area contributed by atoms with Crippen LogP contribution in [0.3, 0.4) is 0 Å². The molecule has 0 heterocycles. The van der Waals surface area contributed by atoms with Crippen molar-refractivity contribution >= 4 is 57.2 Å². The molecule has 0 aromatic heterocycles. The van der Waals surface area contributed by atoms with Gasteiger partial charge in [-0.25, -0.2) is 0 Å². The lowest BCUT2D eigenvalue weighted by atomic mass is 10.1. The zero-order chi connectivity index (χ0) is 22.9. The molecule has 0 saturated heterocycles. The van der Waals surface area contributed by atoms with Crippen molar-refractivity contribution in [3.05, 3.63) is 96.1 Å². The van der Waals surface area contributed by atoms with E-state index in [0.29, 0.717) is 30.2 Å². The number of nitrogens with one attached hydrogen (secondary N) is 1. The SMILES string of the molecule is COc1cc(/C=C(/C#N)C(=O)NCc2ccccc2)cc(I)c1OCc1ccc(I)cc1. The van der Waals surface area contributed by atoms with Crippen molar-refractivity contribution in [1.82, 2.24) is 5.32 Å². The van der Waals surface area contributed by atoms with Crippen LogP contribution in [-0.2, 0) is 17.9 Å². The summed E-state index contributed by atoms with van der Waals surface area (Å²) in [6.07, 6.45) is 1.55. The Labute approximate surface area is 214 Å². The van der Waals surface area contributed by atoms with Crippen LogP contribution >= 0.6 is 45.2 Å². The van der Waals surface area contributed by atoms with Crippen molar-refractivity contribution in [3.8, 4) is 17.6 Å². The molecule has 0 aliphatic rings. The summed E-state index contributed by atoms with van der Waals surface area (Å²) in [5, 5.41) is 12.3. The fourth-order valence-electron chi connectivity index (χ4n) is 2.89. The fraction of sp³-hybridized carbons (Fsp3) is 0.120. The number of hydrogen-bond donors (Lipinski definition) is 1. The molecule has 32 heavy (non-hydrogen) atoms. The van der Waals surface area contributed by atoms with Gasteiger partial charge in [0.15, 0.2) is 11.5 Å². The first-order chi connectivity index (χ1) is 15.5. The second-order valence-electron chi connectivity index (χ2n) is 6.79. The topological polar surface area (TPSA) is 71.3 Å². The van der Waals surface area contributed by atoms with E-state index in [-0.39, 0.29) is 5.57 Å². The van der Waals surface area contributed by atoms with E-state index in [9.17, 15) is 10.1 Å². The molecule has 0 bridgehead atoms. The van der Waals surface area contributed by atoms with Crippen molar-refractivity contribution in [1.29, 1.82) is 5.26 Å². The number of ether oxygens (including phenoxy) is 2. The molecule has 5 nitrogen and oxygen atoms in total. The number of amides is 1. The number of halogens is 2. The van der Waals surface area contributed by atoms with Gasteiger partial charge >= 0.3 is 0 Å². The molecule has 0 saturated carbocycles. The van der Waals surface area contributed by atoms with E-state index in [4.69, 9.17) is 9.47 Å². The van der Waals surface area contributed by atoms with Gasteiger partial charge in [-0.2, -0.15) is 5.26 Å². The molecule has 3 aromatic rings. The van der Waals surface area contributed by atoms with Gasteiger partial charge in [-0.15, -0.1) is 0 Å². The highest BCUT2D eigenvalue weighted by molar-refractivity contribution is 14.1. The van der Waals surface area contributed by atoms with E-state index in [2.05, 4.69) is 50.5 Å². The maximum atomic E-state index is 12.5. The van der Waals surface area contributed by atoms with E-state index in [0.717, 1.165) is 18.3 Å². The largest absolute Gasteiger partial charge is 0.493 e. The number of methoxy groups -OCH3 is 1. The third kappa shape index (κ3) is 6.71. The second kappa shape index (κ2) is 11.9. The molecule has 0 aliphatic carbocycles. The van der Waals surface area contributed by atoms with Crippen LogP contribution in [-0.4, -0.2) is 13.0 Å². The van der Waals surface area contributed by atoms with Gasteiger partial charge in [0.2, 0.25) is 0 Å². The summed E-state index contributed by atoms with van der Waals surface area (Å²) in [4.78, 5) is 12.5. The minimum atomic E-state index is -0.427. The van der Waals surface area contributed by atoms with E-state index >= 15 is 0 Å². The number of hydrogen-bond acceptors (Lipinski definition) is 4. The summed E-state index contributed by atoms with van der Waals surface area (Å²) in [7, 11) is 1.56. The van der Waals surface area contributed by atoms with Crippen LogP contribution in [0.5, 0.6) is 11.5 Å². The van der Waals surface area contributed by atoms with Crippen LogP contribution in [0.4, 0.5) is 0 Å². The number of nitrogens with zero attached hydrogens (tertiary/aromatic N) is 1. The van der Waals surface area contributed by atoms with Gasteiger partial charge in [0, 0.05) is 10.1 Å². The lowest BCUT2D eigenvalue weighted by Crippen LogP contribution is -2.23. The number of nitriles is 1. The predicted octanol–water partition coefficient (Wildman–Crippen LogP) is 5.71. The fourth-order valence-corrected chi connectivity index (χ4v) is 4.03. The highest BCUT2D eigenvalue weighted by Gasteiger charge is 2.14. The molecule has 1 N–H and O–H groups in total. The highest BCUT2D eigenvalue weighted by atomic mass is 127. The molecule has 0 atom stereocenters. The van der Waals surface area contributed by atoms with Crippen molar-refractivity contribution in [2.45, 2.75) is 13.2 Å². The Morgan fingerprint density at radius 2 is 1.78 bits per heavy atom. The van der Waals surface area contributed by atoms with Gasteiger partial charge in [0.25, 0.3) is 5.91 Å². The molecular formula is C25H20I2N2O3.